The van der Waals surface area contributed by atoms with Crippen LogP contribution >= 0.6 is 0 Å². The van der Waals surface area contributed by atoms with E-state index in [9.17, 15) is 13.6 Å². The van der Waals surface area contributed by atoms with Gasteiger partial charge in [-0.2, -0.15) is 0 Å². The Balaban J connectivity index is 2.22. The van der Waals surface area contributed by atoms with E-state index in [2.05, 4.69) is 15.6 Å². The van der Waals surface area contributed by atoms with Gasteiger partial charge in [-0.3, -0.25) is 9.78 Å². The summed E-state index contributed by atoms with van der Waals surface area (Å²) < 4.78 is 26.9. The number of hydrogen-bond acceptors (Lipinski definition) is 3. The third-order valence-electron chi connectivity index (χ3n) is 2.57. The number of nitrogens with one attached hydrogen (secondary N) is 2. The molecule has 4 nitrogen and oxygen atoms in total. The molecule has 1 aromatic carbocycles. The third-order valence-corrected chi connectivity index (χ3v) is 2.57. The highest BCUT2D eigenvalue weighted by Crippen LogP contribution is 2.19. The number of aromatic nitrogens is 1. The molecule has 20 heavy (non-hydrogen) atoms. The van der Waals surface area contributed by atoms with Gasteiger partial charge in [-0.25, -0.2) is 8.78 Å². The number of hydrogen-bond donors (Lipinski definition) is 2. The first-order chi connectivity index (χ1) is 9.61. The van der Waals surface area contributed by atoms with Crippen molar-refractivity contribution in [3.63, 3.8) is 0 Å². The number of anilines is 2. The van der Waals surface area contributed by atoms with Gasteiger partial charge in [-0.1, -0.05) is 6.07 Å². The topological polar surface area (TPSA) is 54.0 Å². The standard InChI is InChI=1S/C14H13F2N3O/c1-2-17-9-6-7-18-12(8-9)14(20)19-13-10(15)4-3-5-11(13)16/h3-8H,2H2,1H3,(H,17,18)(H,19,20). The van der Waals surface area contributed by atoms with Crippen LogP contribution < -0.4 is 10.6 Å². The summed E-state index contributed by atoms with van der Waals surface area (Å²) in [6, 6.07) is 6.58. The van der Waals surface area contributed by atoms with Gasteiger partial charge in [0, 0.05) is 18.4 Å². The molecule has 0 spiro atoms. The summed E-state index contributed by atoms with van der Waals surface area (Å²) in [5, 5.41) is 5.21. The van der Waals surface area contributed by atoms with Gasteiger partial charge in [0.15, 0.2) is 0 Å². The maximum absolute atomic E-state index is 13.4. The predicted molar refractivity (Wildman–Crippen MR) is 72.7 cm³/mol. The van der Waals surface area contributed by atoms with Crippen molar-refractivity contribution in [1.29, 1.82) is 0 Å². The molecule has 2 N–H and O–H groups in total. The summed E-state index contributed by atoms with van der Waals surface area (Å²) >= 11 is 0. The van der Waals surface area contributed by atoms with E-state index in [-0.39, 0.29) is 5.69 Å². The quantitative estimate of drug-likeness (QED) is 0.903. The summed E-state index contributed by atoms with van der Waals surface area (Å²) in [5.41, 5.74) is 0.306. The lowest BCUT2D eigenvalue weighted by molar-refractivity contribution is 0.102. The largest absolute Gasteiger partial charge is 0.385 e. The lowest BCUT2D eigenvalue weighted by atomic mass is 10.2. The molecule has 1 heterocycles. The average Bonchev–Trinajstić information content (AvgIpc) is 2.43. The van der Waals surface area contributed by atoms with Gasteiger partial charge >= 0.3 is 0 Å². The van der Waals surface area contributed by atoms with Crippen LogP contribution in [0.3, 0.4) is 0 Å². The molecule has 0 saturated heterocycles. The van der Waals surface area contributed by atoms with E-state index >= 15 is 0 Å². The van der Waals surface area contributed by atoms with Crippen LogP contribution in [-0.2, 0) is 0 Å². The van der Waals surface area contributed by atoms with Crippen LogP contribution in [0.5, 0.6) is 0 Å². The first-order valence-corrected chi connectivity index (χ1v) is 6.07. The second-order valence-corrected chi connectivity index (χ2v) is 4.01. The highest BCUT2D eigenvalue weighted by Gasteiger charge is 2.14. The van der Waals surface area contributed by atoms with Crippen molar-refractivity contribution >= 4 is 17.3 Å². The van der Waals surface area contributed by atoms with Crippen molar-refractivity contribution in [2.45, 2.75) is 6.92 Å². The van der Waals surface area contributed by atoms with Crippen molar-refractivity contribution in [2.75, 3.05) is 17.2 Å². The minimum absolute atomic E-state index is 0.0751. The van der Waals surface area contributed by atoms with Crippen LogP contribution in [0.15, 0.2) is 36.5 Å². The number of carbonyl (C=O) groups excluding carboxylic acids is 1. The van der Waals surface area contributed by atoms with E-state index in [1.807, 2.05) is 6.92 Å². The number of carbonyl (C=O) groups is 1. The van der Waals surface area contributed by atoms with Crippen molar-refractivity contribution in [1.82, 2.24) is 4.98 Å². The minimum Gasteiger partial charge on any atom is -0.385 e. The summed E-state index contributed by atoms with van der Waals surface area (Å²) in [4.78, 5) is 15.8. The van der Waals surface area contributed by atoms with E-state index in [1.54, 1.807) is 6.07 Å². The van der Waals surface area contributed by atoms with E-state index in [4.69, 9.17) is 0 Å². The van der Waals surface area contributed by atoms with Gasteiger partial charge in [-0.05, 0) is 31.2 Å². The van der Waals surface area contributed by atoms with Crippen LogP contribution in [0.1, 0.15) is 17.4 Å². The van der Waals surface area contributed by atoms with Crippen LogP contribution in [0, 0.1) is 11.6 Å². The van der Waals surface area contributed by atoms with Crippen LogP contribution in [-0.4, -0.2) is 17.4 Å². The molecule has 0 fully saturated rings. The molecular formula is C14H13F2N3O. The molecule has 0 radical (unpaired) electrons. The molecule has 6 heteroatoms. The number of rotatable bonds is 4. The Bertz CT molecular complexity index is 611. The van der Waals surface area contributed by atoms with Crippen LogP contribution in [0.25, 0.3) is 0 Å². The Labute approximate surface area is 114 Å². The SMILES string of the molecule is CCNc1ccnc(C(=O)Nc2c(F)cccc2F)c1. The highest BCUT2D eigenvalue weighted by molar-refractivity contribution is 6.03. The molecule has 2 rings (SSSR count). The smallest absolute Gasteiger partial charge is 0.274 e. The van der Waals surface area contributed by atoms with Crippen molar-refractivity contribution in [2.24, 2.45) is 0 Å². The van der Waals surface area contributed by atoms with Crippen molar-refractivity contribution < 1.29 is 13.6 Å². The molecule has 0 aliphatic rings. The maximum Gasteiger partial charge on any atom is 0.274 e. The third kappa shape index (κ3) is 3.09. The number of halogens is 2. The van der Waals surface area contributed by atoms with Crippen molar-refractivity contribution in [3.8, 4) is 0 Å². The molecule has 0 aliphatic carbocycles. The molecule has 0 aliphatic heterocycles. The van der Waals surface area contributed by atoms with Crippen LogP contribution in [0.2, 0.25) is 0 Å². The summed E-state index contributed by atoms with van der Waals surface area (Å²) in [7, 11) is 0. The number of nitrogens with zero attached hydrogens (tertiary/aromatic N) is 1. The van der Waals surface area contributed by atoms with E-state index in [0.717, 1.165) is 12.1 Å². The number of amides is 1. The molecule has 0 unspecified atom stereocenters. The van der Waals surface area contributed by atoms with Gasteiger partial charge in [-0.15, -0.1) is 0 Å². The fourth-order valence-corrected chi connectivity index (χ4v) is 1.66. The summed E-state index contributed by atoms with van der Waals surface area (Å²) in [6.07, 6.45) is 1.45. The molecule has 2 aromatic rings. The summed E-state index contributed by atoms with van der Waals surface area (Å²) in [5.74, 6) is -2.34. The monoisotopic (exact) mass is 277 g/mol. The first-order valence-electron chi connectivity index (χ1n) is 6.07. The number of para-hydroxylation sites is 1. The Hall–Kier alpha value is -2.50. The minimum atomic E-state index is -0.832. The summed E-state index contributed by atoms with van der Waals surface area (Å²) in [6.45, 7) is 2.60. The van der Waals surface area contributed by atoms with Gasteiger partial charge in [0.05, 0.1) is 0 Å². The Morgan fingerprint density at radius 2 is 1.95 bits per heavy atom. The predicted octanol–water partition coefficient (Wildman–Crippen LogP) is 3.04. The fourth-order valence-electron chi connectivity index (χ4n) is 1.66. The van der Waals surface area contributed by atoms with Gasteiger partial charge in [0.25, 0.3) is 5.91 Å². The lowest BCUT2D eigenvalue weighted by Crippen LogP contribution is -2.16. The van der Waals surface area contributed by atoms with E-state index in [1.165, 1.54) is 18.3 Å². The molecular weight excluding hydrogens is 264 g/mol. The van der Waals surface area contributed by atoms with Gasteiger partial charge in [0.2, 0.25) is 0 Å². The zero-order valence-electron chi connectivity index (χ0n) is 10.8. The Morgan fingerprint density at radius 3 is 2.60 bits per heavy atom. The fraction of sp³-hybridized carbons (Fsp3) is 0.143. The molecule has 0 saturated carbocycles. The second kappa shape index (κ2) is 6.10. The molecule has 1 amide bonds. The van der Waals surface area contributed by atoms with Crippen LogP contribution in [0.4, 0.5) is 20.2 Å². The Morgan fingerprint density at radius 1 is 1.25 bits per heavy atom. The van der Waals surface area contributed by atoms with E-state index in [0.29, 0.717) is 12.2 Å². The second-order valence-electron chi connectivity index (χ2n) is 4.01. The zero-order valence-corrected chi connectivity index (χ0v) is 10.8. The molecule has 104 valence electrons. The average molecular weight is 277 g/mol. The number of benzene rings is 1. The molecule has 0 atom stereocenters. The van der Waals surface area contributed by atoms with Gasteiger partial charge < -0.3 is 10.6 Å². The molecule has 1 aromatic heterocycles. The highest BCUT2D eigenvalue weighted by atomic mass is 19.1. The zero-order chi connectivity index (χ0) is 14.5. The van der Waals surface area contributed by atoms with Gasteiger partial charge in [0.1, 0.15) is 23.0 Å². The van der Waals surface area contributed by atoms with E-state index < -0.39 is 23.2 Å². The van der Waals surface area contributed by atoms with Crippen molar-refractivity contribution in [3.05, 3.63) is 53.9 Å². The first kappa shape index (κ1) is 13.9. The lowest BCUT2D eigenvalue weighted by Gasteiger charge is -2.08. The normalized spacial score (nSPS) is 10.2. The number of pyridine rings is 1. The Kier molecular flexibility index (Phi) is 4.24. The molecule has 0 bridgehead atoms. The maximum atomic E-state index is 13.4.